The van der Waals surface area contributed by atoms with Crippen molar-refractivity contribution in [3.05, 3.63) is 59.0 Å². The Hall–Kier alpha value is -4.43. The maximum absolute atomic E-state index is 13.7. The third kappa shape index (κ3) is 3.91. The zero-order chi connectivity index (χ0) is 25.6. The molecule has 0 aliphatic heterocycles. The molecule has 5 N–H and O–H groups in total. The molecule has 5 rings (SSSR count). The van der Waals surface area contributed by atoms with Crippen LogP contribution in [0.1, 0.15) is 47.3 Å². The van der Waals surface area contributed by atoms with E-state index in [0.29, 0.717) is 35.0 Å². The molecule has 10 nitrogen and oxygen atoms in total. The SMILES string of the molecule is COc1ccc(F)cc1C(=O)NCc1ccc(-c2nn(C3CC(C)(O)C3)c(N)c2C#N)c2cn[nH]c12. The summed E-state index contributed by atoms with van der Waals surface area (Å²) < 4.78 is 20.5. The average molecular weight is 490 g/mol. The van der Waals surface area contributed by atoms with E-state index in [1.165, 1.54) is 19.2 Å². The van der Waals surface area contributed by atoms with E-state index in [4.69, 9.17) is 10.5 Å². The first-order chi connectivity index (χ1) is 17.2. The number of aliphatic hydroxyl groups is 1. The van der Waals surface area contributed by atoms with Crippen molar-refractivity contribution >= 4 is 22.6 Å². The number of H-pyrrole nitrogens is 1. The van der Waals surface area contributed by atoms with Gasteiger partial charge in [-0.15, -0.1) is 0 Å². The van der Waals surface area contributed by atoms with Crippen LogP contribution >= 0.6 is 0 Å². The number of aromatic amines is 1. The molecule has 1 saturated carbocycles. The number of nitrogen functional groups attached to an aromatic ring is 1. The van der Waals surface area contributed by atoms with Gasteiger partial charge < -0.3 is 20.9 Å². The maximum Gasteiger partial charge on any atom is 0.255 e. The molecular weight excluding hydrogens is 465 g/mol. The van der Waals surface area contributed by atoms with Crippen LogP contribution in [-0.4, -0.2) is 43.7 Å². The Morgan fingerprint density at radius 2 is 2.19 bits per heavy atom. The third-order valence-electron chi connectivity index (χ3n) is 6.56. The molecule has 11 heteroatoms. The molecule has 2 aromatic carbocycles. The van der Waals surface area contributed by atoms with Gasteiger partial charge >= 0.3 is 0 Å². The number of hydrogen-bond acceptors (Lipinski definition) is 7. The fourth-order valence-corrected chi connectivity index (χ4v) is 4.73. The van der Waals surface area contributed by atoms with Crippen LogP contribution in [0, 0.1) is 17.1 Å². The Kier molecular flexibility index (Phi) is 5.61. The third-order valence-corrected chi connectivity index (χ3v) is 6.56. The first kappa shape index (κ1) is 23.3. The van der Waals surface area contributed by atoms with Gasteiger partial charge in [0.1, 0.15) is 34.7 Å². The van der Waals surface area contributed by atoms with Gasteiger partial charge in [-0.25, -0.2) is 9.07 Å². The minimum atomic E-state index is -0.768. The normalized spacial score (nSPS) is 19.0. The molecule has 0 unspecified atom stereocenters. The molecule has 2 heterocycles. The summed E-state index contributed by atoms with van der Waals surface area (Å²) in [5.41, 5.74) is 8.30. The number of nitriles is 1. The summed E-state index contributed by atoms with van der Waals surface area (Å²) in [6.07, 6.45) is 2.62. The summed E-state index contributed by atoms with van der Waals surface area (Å²) in [6.45, 7) is 1.89. The number of benzene rings is 2. The van der Waals surface area contributed by atoms with Gasteiger partial charge in [0.25, 0.3) is 5.91 Å². The molecule has 2 aromatic heterocycles. The molecule has 4 aromatic rings. The van der Waals surface area contributed by atoms with Crippen molar-refractivity contribution in [1.29, 1.82) is 5.26 Å². The number of amides is 1. The van der Waals surface area contributed by atoms with E-state index in [9.17, 15) is 19.6 Å². The Labute approximate surface area is 205 Å². The lowest BCUT2D eigenvalue weighted by Gasteiger charge is -2.41. The molecule has 0 spiro atoms. The first-order valence-electron chi connectivity index (χ1n) is 11.3. The number of carbonyl (C=O) groups is 1. The van der Waals surface area contributed by atoms with Gasteiger partial charge in [-0.3, -0.25) is 9.89 Å². The highest BCUT2D eigenvalue weighted by atomic mass is 19.1. The molecule has 1 aliphatic carbocycles. The van der Waals surface area contributed by atoms with Crippen molar-refractivity contribution in [3.8, 4) is 23.1 Å². The van der Waals surface area contributed by atoms with Gasteiger partial charge in [0.05, 0.1) is 36.0 Å². The highest BCUT2D eigenvalue weighted by molar-refractivity contribution is 5.99. The van der Waals surface area contributed by atoms with Crippen molar-refractivity contribution in [2.75, 3.05) is 12.8 Å². The van der Waals surface area contributed by atoms with Crippen LogP contribution in [0.25, 0.3) is 22.2 Å². The fraction of sp³-hybridized carbons (Fsp3) is 0.280. The minimum absolute atomic E-state index is 0.0876. The predicted octanol–water partition coefficient (Wildman–Crippen LogP) is 3.04. The standard InChI is InChI=1S/C25H24FN7O3/c1-25(35)8-15(9-25)33-23(28)18(10-27)22(32-33)16-5-3-13(21-19(16)12-30-31-21)11-29-24(34)17-7-14(26)4-6-20(17)36-2/h3-7,12,15,35H,8-9,11,28H2,1-2H3,(H,29,34)(H,30,31). The molecule has 184 valence electrons. The van der Waals surface area contributed by atoms with Crippen molar-refractivity contribution in [1.82, 2.24) is 25.3 Å². The van der Waals surface area contributed by atoms with Crippen LogP contribution in [0.5, 0.6) is 5.75 Å². The molecule has 0 saturated heterocycles. The molecule has 36 heavy (non-hydrogen) atoms. The average Bonchev–Trinajstić information content (AvgIpc) is 3.45. The second-order valence-electron chi connectivity index (χ2n) is 9.18. The minimum Gasteiger partial charge on any atom is -0.496 e. The number of methoxy groups -OCH3 is 1. The second-order valence-corrected chi connectivity index (χ2v) is 9.18. The Bertz CT molecular complexity index is 1520. The van der Waals surface area contributed by atoms with E-state index in [1.807, 2.05) is 0 Å². The highest BCUT2D eigenvalue weighted by Gasteiger charge is 2.41. The molecule has 1 aliphatic rings. The van der Waals surface area contributed by atoms with Crippen molar-refractivity contribution < 1.29 is 19.0 Å². The lowest BCUT2D eigenvalue weighted by Crippen LogP contribution is -2.42. The zero-order valence-corrected chi connectivity index (χ0v) is 19.7. The molecule has 0 atom stereocenters. The van der Waals surface area contributed by atoms with E-state index in [1.54, 1.807) is 29.9 Å². The fourth-order valence-electron chi connectivity index (χ4n) is 4.73. The van der Waals surface area contributed by atoms with Crippen LogP contribution in [0.4, 0.5) is 10.2 Å². The number of aromatic nitrogens is 4. The van der Waals surface area contributed by atoms with Crippen LogP contribution in [0.2, 0.25) is 0 Å². The smallest absolute Gasteiger partial charge is 0.255 e. The second kappa shape index (κ2) is 8.66. The van der Waals surface area contributed by atoms with E-state index >= 15 is 0 Å². The van der Waals surface area contributed by atoms with Gasteiger partial charge in [0.2, 0.25) is 0 Å². The van der Waals surface area contributed by atoms with Gasteiger partial charge in [-0.05, 0) is 43.5 Å². The largest absolute Gasteiger partial charge is 0.496 e. The van der Waals surface area contributed by atoms with Gasteiger partial charge in [0.15, 0.2) is 0 Å². The zero-order valence-electron chi connectivity index (χ0n) is 19.7. The maximum atomic E-state index is 13.7. The number of nitrogens with zero attached hydrogens (tertiary/aromatic N) is 4. The Morgan fingerprint density at radius 3 is 2.89 bits per heavy atom. The van der Waals surface area contributed by atoms with Crippen LogP contribution in [0.3, 0.4) is 0 Å². The number of nitrogens with one attached hydrogen (secondary N) is 2. The lowest BCUT2D eigenvalue weighted by molar-refractivity contribution is -0.0535. The van der Waals surface area contributed by atoms with Crippen molar-refractivity contribution in [2.24, 2.45) is 0 Å². The summed E-state index contributed by atoms with van der Waals surface area (Å²) in [5, 5.41) is 35.1. The van der Waals surface area contributed by atoms with E-state index in [0.717, 1.165) is 11.6 Å². The van der Waals surface area contributed by atoms with E-state index in [2.05, 4.69) is 26.7 Å². The highest BCUT2D eigenvalue weighted by Crippen LogP contribution is 2.43. The summed E-state index contributed by atoms with van der Waals surface area (Å²) in [4.78, 5) is 12.7. The van der Waals surface area contributed by atoms with E-state index in [-0.39, 0.29) is 35.3 Å². The quantitative estimate of drug-likeness (QED) is 0.324. The monoisotopic (exact) mass is 489 g/mol. The van der Waals surface area contributed by atoms with E-state index < -0.39 is 17.3 Å². The van der Waals surface area contributed by atoms with Gasteiger partial charge in [-0.1, -0.05) is 12.1 Å². The van der Waals surface area contributed by atoms with Crippen molar-refractivity contribution in [3.63, 3.8) is 0 Å². The van der Waals surface area contributed by atoms with Crippen molar-refractivity contribution in [2.45, 2.75) is 38.0 Å². The number of ether oxygens (including phenoxy) is 1. The van der Waals surface area contributed by atoms with Gasteiger partial charge in [0, 0.05) is 17.5 Å². The van der Waals surface area contributed by atoms with Crippen LogP contribution in [0.15, 0.2) is 36.5 Å². The number of halogens is 1. The molecule has 1 amide bonds. The number of fused-ring (bicyclic) bond motifs is 1. The molecule has 1 fully saturated rings. The van der Waals surface area contributed by atoms with Crippen LogP contribution in [-0.2, 0) is 6.54 Å². The van der Waals surface area contributed by atoms with Gasteiger partial charge in [-0.2, -0.15) is 15.5 Å². The molecule has 0 radical (unpaired) electrons. The van der Waals surface area contributed by atoms with Crippen LogP contribution < -0.4 is 15.8 Å². The molecular formula is C25H24FN7O3. The number of rotatable bonds is 6. The predicted molar refractivity (Wildman–Crippen MR) is 129 cm³/mol. The number of nitrogens with two attached hydrogens (primary N) is 1. The Balaban J connectivity index is 1.45. The Morgan fingerprint density at radius 1 is 1.42 bits per heavy atom. The summed E-state index contributed by atoms with van der Waals surface area (Å²) in [6, 6.07) is 9.39. The lowest BCUT2D eigenvalue weighted by atomic mass is 9.77. The summed E-state index contributed by atoms with van der Waals surface area (Å²) in [5.74, 6) is -0.511. The molecule has 0 bridgehead atoms. The first-order valence-corrected chi connectivity index (χ1v) is 11.3. The number of hydrogen-bond donors (Lipinski definition) is 4. The topological polar surface area (TPSA) is 155 Å². The number of anilines is 1. The number of carbonyl (C=O) groups excluding carboxylic acids is 1. The summed E-state index contributed by atoms with van der Waals surface area (Å²) >= 11 is 0. The summed E-state index contributed by atoms with van der Waals surface area (Å²) in [7, 11) is 1.41.